The van der Waals surface area contributed by atoms with Gasteiger partial charge in [0.2, 0.25) is 5.91 Å². The lowest BCUT2D eigenvalue weighted by atomic mass is 10.1. The van der Waals surface area contributed by atoms with Crippen LogP contribution in [-0.4, -0.2) is 87.3 Å². The van der Waals surface area contributed by atoms with E-state index >= 15 is 0 Å². The van der Waals surface area contributed by atoms with E-state index in [2.05, 4.69) is 10.6 Å². The molecule has 3 rings (SSSR count). The lowest BCUT2D eigenvalue weighted by molar-refractivity contribution is -0.127. The van der Waals surface area contributed by atoms with Crippen LogP contribution in [0.5, 0.6) is 11.5 Å². The second-order valence-electron chi connectivity index (χ2n) is 7.94. The van der Waals surface area contributed by atoms with Gasteiger partial charge >= 0.3 is 0 Å². The molecule has 38 heavy (non-hydrogen) atoms. The van der Waals surface area contributed by atoms with Crippen LogP contribution in [0.15, 0.2) is 42.5 Å². The third-order valence-corrected chi connectivity index (χ3v) is 5.68. The number of aldehydes is 1. The van der Waals surface area contributed by atoms with Crippen molar-refractivity contribution in [1.82, 2.24) is 10.6 Å². The minimum atomic E-state index is -1.49. The van der Waals surface area contributed by atoms with Crippen molar-refractivity contribution in [3.63, 3.8) is 0 Å². The van der Waals surface area contributed by atoms with Crippen LogP contribution in [0.3, 0.4) is 0 Å². The minimum Gasteiger partial charge on any atom is -0.496 e. The fraction of sp³-hybridized carbons (Fsp3) is 0.280. The van der Waals surface area contributed by atoms with Gasteiger partial charge in [0.25, 0.3) is 23.5 Å². The van der Waals surface area contributed by atoms with Crippen LogP contribution in [0.4, 0.5) is 11.4 Å². The van der Waals surface area contributed by atoms with Crippen LogP contribution in [-0.2, 0) is 24.0 Å². The van der Waals surface area contributed by atoms with Crippen LogP contribution in [0.2, 0.25) is 0 Å². The number of hydrogen-bond donors (Lipinski definition) is 3. The van der Waals surface area contributed by atoms with E-state index in [9.17, 15) is 33.9 Å². The van der Waals surface area contributed by atoms with Crippen molar-refractivity contribution >= 4 is 47.1 Å². The average molecular weight is 527 g/mol. The molecule has 0 spiro atoms. The van der Waals surface area contributed by atoms with Crippen LogP contribution < -0.4 is 29.9 Å². The van der Waals surface area contributed by atoms with Gasteiger partial charge in [-0.25, -0.2) is 0 Å². The second-order valence-corrected chi connectivity index (χ2v) is 7.94. The predicted molar refractivity (Wildman–Crippen MR) is 133 cm³/mol. The van der Waals surface area contributed by atoms with E-state index in [1.807, 2.05) is 0 Å². The number of anilines is 2. The third-order valence-electron chi connectivity index (χ3n) is 5.68. The fourth-order valence-electron chi connectivity index (χ4n) is 3.95. The Labute approximate surface area is 217 Å². The van der Waals surface area contributed by atoms with E-state index in [0.29, 0.717) is 6.29 Å². The van der Waals surface area contributed by atoms with Gasteiger partial charge in [-0.05, 0) is 24.3 Å². The Morgan fingerprint density at radius 1 is 1.03 bits per heavy atom. The summed E-state index contributed by atoms with van der Waals surface area (Å²) < 4.78 is 10.4. The van der Waals surface area contributed by atoms with Gasteiger partial charge in [0.15, 0.2) is 0 Å². The zero-order chi connectivity index (χ0) is 27.8. The van der Waals surface area contributed by atoms with Crippen molar-refractivity contribution in [2.45, 2.75) is 6.04 Å². The second kappa shape index (κ2) is 12.5. The van der Waals surface area contributed by atoms with Crippen molar-refractivity contribution in [1.29, 1.82) is 0 Å². The number of carbonyl (C=O) groups excluding carboxylic acids is 6. The number of rotatable bonds is 10. The van der Waals surface area contributed by atoms with Crippen LogP contribution in [0.25, 0.3) is 0 Å². The molecule has 0 saturated carbocycles. The molecule has 4 amide bonds. The molecule has 13 heteroatoms. The highest BCUT2D eigenvalue weighted by Gasteiger charge is 2.38. The number of hydrogen-bond acceptors (Lipinski definition) is 9. The first kappa shape index (κ1) is 27.8. The Morgan fingerprint density at radius 3 is 2.24 bits per heavy atom. The number of amides is 4. The summed E-state index contributed by atoms with van der Waals surface area (Å²) in [6.07, 6.45) is 0.471. The Kier molecular flexibility index (Phi) is 9.11. The molecule has 0 saturated heterocycles. The van der Waals surface area contributed by atoms with Crippen molar-refractivity contribution in [2.24, 2.45) is 0 Å². The SMILES string of the molecule is COc1cccc(OC)c1C(=O)C(=O)NC1CN(C(=O)CO)c2ccccc2N(CC(=O)NCC=O)C1=O. The first-order valence-corrected chi connectivity index (χ1v) is 11.4. The molecule has 0 radical (unpaired) electrons. The normalized spacial score (nSPS) is 14.6. The Balaban J connectivity index is 2.00. The topological polar surface area (TPSA) is 172 Å². The molecule has 13 nitrogen and oxygen atoms in total. The summed E-state index contributed by atoms with van der Waals surface area (Å²) in [6, 6.07) is 9.12. The first-order chi connectivity index (χ1) is 18.3. The van der Waals surface area contributed by atoms with E-state index < -0.39 is 55.2 Å². The zero-order valence-corrected chi connectivity index (χ0v) is 20.6. The van der Waals surface area contributed by atoms with Gasteiger partial charge in [0.05, 0.1) is 38.7 Å². The average Bonchev–Trinajstić information content (AvgIpc) is 3.05. The number of para-hydroxylation sites is 2. The van der Waals surface area contributed by atoms with E-state index in [0.717, 1.165) is 9.80 Å². The van der Waals surface area contributed by atoms with Gasteiger partial charge in [-0.1, -0.05) is 18.2 Å². The van der Waals surface area contributed by atoms with E-state index in [1.165, 1.54) is 38.5 Å². The molecule has 1 atom stereocenters. The van der Waals surface area contributed by atoms with Gasteiger partial charge < -0.3 is 34.9 Å². The number of benzene rings is 2. The molecule has 0 aromatic heterocycles. The molecule has 0 bridgehead atoms. The highest BCUT2D eigenvalue weighted by Crippen LogP contribution is 2.33. The number of nitrogens with one attached hydrogen (secondary N) is 2. The van der Waals surface area contributed by atoms with E-state index in [-0.39, 0.29) is 35.0 Å². The van der Waals surface area contributed by atoms with Crippen molar-refractivity contribution in [2.75, 3.05) is 50.3 Å². The molecule has 0 aliphatic carbocycles. The molecule has 1 aliphatic rings. The first-order valence-electron chi connectivity index (χ1n) is 11.4. The van der Waals surface area contributed by atoms with Gasteiger partial charge in [0.1, 0.15) is 42.5 Å². The zero-order valence-electron chi connectivity index (χ0n) is 20.6. The lowest BCUT2D eigenvalue weighted by Crippen LogP contribution is -2.55. The summed E-state index contributed by atoms with van der Waals surface area (Å²) in [5.41, 5.74) is 0.167. The summed E-state index contributed by atoms with van der Waals surface area (Å²) in [4.78, 5) is 77.6. The van der Waals surface area contributed by atoms with Crippen LogP contribution in [0.1, 0.15) is 10.4 Å². The highest BCUT2D eigenvalue weighted by molar-refractivity contribution is 6.44. The van der Waals surface area contributed by atoms with E-state index in [4.69, 9.17) is 9.47 Å². The molecule has 1 unspecified atom stereocenters. The minimum absolute atomic E-state index is 0.0645. The fourth-order valence-corrected chi connectivity index (χ4v) is 3.95. The van der Waals surface area contributed by atoms with Crippen molar-refractivity contribution in [3.05, 3.63) is 48.0 Å². The standard InChI is InChI=1S/C25H26N4O9/c1-37-18-8-5-9-19(38-2)22(18)23(34)24(35)27-15-12-28(21(33)14-31)16-6-3-4-7-17(16)29(25(15)36)13-20(32)26-10-11-30/h3-9,11,15,31H,10,12-14H2,1-2H3,(H,26,32)(H,27,35). The number of carbonyl (C=O) groups is 6. The monoisotopic (exact) mass is 526 g/mol. The molecule has 200 valence electrons. The largest absolute Gasteiger partial charge is 0.496 e. The number of methoxy groups -OCH3 is 2. The molecule has 2 aromatic carbocycles. The maximum Gasteiger partial charge on any atom is 0.293 e. The number of nitrogens with zero attached hydrogens (tertiary/aromatic N) is 2. The number of aliphatic hydroxyl groups is 1. The molecular weight excluding hydrogens is 500 g/mol. The summed E-state index contributed by atoms with van der Waals surface area (Å²) in [7, 11) is 2.61. The molecule has 2 aromatic rings. The smallest absolute Gasteiger partial charge is 0.293 e. The predicted octanol–water partition coefficient (Wildman–Crippen LogP) is -0.941. The molecular formula is C25H26N4O9. The quantitative estimate of drug-likeness (QED) is 0.201. The molecule has 1 heterocycles. The van der Waals surface area contributed by atoms with Gasteiger partial charge in [-0.2, -0.15) is 0 Å². The maximum atomic E-state index is 13.6. The summed E-state index contributed by atoms with van der Waals surface area (Å²) in [5, 5.41) is 14.2. The van der Waals surface area contributed by atoms with Crippen LogP contribution >= 0.6 is 0 Å². The van der Waals surface area contributed by atoms with E-state index in [1.54, 1.807) is 18.2 Å². The number of ether oxygens (including phenoxy) is 2. The van der Waals surface area contributed by atoms with Gasteiger partial charge in [-0.15, -0.1) is 0 Å². The summed E-state index contributed by atoms with van der Waals surface area (Å²) in [6.45, 7) is -2.18. The molecule has 0 fully saturated rings. The van der Waals surface area contributed by atoms with Crippen molar-refractivity contribution in [3.8, 4) is 11.5 Å². The number of fused-ring (bicyclic) bond motifs is 1. The third kappa shape index (κ3) is 5.78. The van der Waals surface area contributed by atoms with Crippen molar-refractivity contribution < 1.29 is 43.3 Å². The Bertz CT molecular complexity index is 1240. The number of aliphatic hydroxyl groups excluding tert-OH is 1. The number of Topliss-reactive ketones (excluding diaryl/α,β-unsaturated/α-hetero) is 1. The Hall–Kier alpha value is -4.78. The maximum absolute atomic E-state index is 13.6. The lowest BCUT2D eigenvalue weighted by Gasteiger charge is -2.24. The molecule has 1 aliphatic heterocycles. The van der Waals surface area contributed by atoms with Gasteiger partial charge in [0, 0.05) is 0 Å². The molecule has 3 N–H and O–H groups in total. The van der Waals surface area contributed by atoms with Gasteiger partial charge in [-0.3, -0.25) is 28.9 Å². The summed E-state index contributed by atoms with van der Waals surface area (Å²) in [5.74, 6) is -4.40. The Morgan fingerprint density at radius 2 is 1.66 bits per heavy atom. The van der Waals surface area contributed by atoms with Crippen LogP contribution in [0, 0.1) is 0 Å². The summed E-state index contributed by atoms with van der Waals surface area (Å²) >= 11 is 0. The number of ketones is 1. The highest BCUT2D eigenvalue weighted by atomic mass is 16.5.